The smallest absolute Gasteiger partial charge is 0.0717 e. The van der Waals surface area contributed by atoms with Gasteiger partial charge in [-0.1, -0.05) is 6.92 Å². The van der Waals surface area contributed by atoms with Crippen LogP contribution in [0.3, 0.4) is 0 Å². The summed E-state index contributed by atoms with van der Waals surface area (Å²) in [6.45, 7) is 1.96. The van der Waals surface area contributed by atoms with Crippen LogP contribution in [0.5, 0.6) is 0 Å². The highest BCUT2D eigenvalue weighted by Crippen LogP contribution is 2.36. The van der Waals surface area contributed by atoms with Gasteiger partial charge in [-0.25, -0.2) is 0 Å². The van der Waals surface area contributed by atoms with Crippen molar-refractivity contribution in [3.05, 3.63) is 0 Å². The lowest BCUT2D eigenvalue weighted by Crippen LogP contribution is -2.36. The van der Waals surface area contributed by atoms with Gasteiger partial charge in [-0.05, 0) is 19.3 Å². The van der Waals surface area contributed by atoms with E-state index in [2.05, 4.69) is 0 Å². The zero-order valence-corrected chi connectivity index (χ0v) is 5.22. The Kier molecular flexibility index (Phi) is 1.29. The number of hydrogen-bond donors (Lipinski definition) is 2. The largest absolute Gasteiger partial charge is 0.391 e. The van der Waals surface area contributed by atoms with E-state index in [1.54, 1.807) is 0 Å². The Balaban J connectivity index is 2.34. The zero-order chi connectivity index (χ0) is 6.20. The highest BCUT2D eigenvalue weighted by Gasteiger charge is 2.43. The molecule has 8 heavy (non-hydrogen) atoms. The van der Waals surface area contributed by atoms with E-state index in [0.29, 0.717) is 0 Å². The highest BCUT2D eigenvalue weighted by molar-refractivity contribution is 5.03. The molecule has 0 amide bonds. The van der Waals surface area contributed by atoms with E-state index < -0.39 is 0 Å². The SMILES string of the molecule is CCC(O)C1(N)CC1. The van der Waals surface area contributed by atoms with E-state index in [4.69, 9.17) is 10.8 Å². The fourth-order valence-electron chi connectivity index (χ4n) is 0.884. The summed E-state index contributed by atoms with van der Waals surface area (Å²) in [6.07, 6.45) is 2.53. The summed E-state index contributed by atoms with van der Waals surface area (Å²) in [5.41, 5.74) is 5.46. The number of hydrogen-bond acceptors (Lipinski definition) is 2. The molecule has 1 aliphatic carbocycles. The van der Waals surface area contributed by atoms with Crippen molar-refractivity contribution in [2.75, 3.05) is 0 Å². The quantitative estimate of drug-likeness (QED) is 0.542. The zero-order valence-electron chi connectivity index (χ0n) is 5.22. The van der Waals surface area contributed by atoms with Gasteiger partial charge in [0.25, 0.3) is 0 Å². The van der Waals surface area contributed by atoms with Gasteiger partial charge in [0.05, 0.1) is 6.10 Å². The summed E-state index contributed by atoms with van der Waals surface area (Å²) < 4.78 is 0. The fourth-order valence-corrected chi connectivity index (χ4v) is 0.884. The molecule has 1 aliphatic rings. The van der Waals surface area contributed by atoms with E-state index in [-0.39, 0.29) is 11.6 Å². The van der Waals surface area contributed by atoms with Crippen molar-refractivity contribution in [3.63, 3.8) is 0 Å². The predicted molar refractivity (Wildman–Crippen MR) is 32.5 cm³/mol. The van der Waals surface area contributed by atoms with Gasteiger partial charge in [0.1, 0.15) is 0 Å². The molecular weight excluding hydrogens is 102 g/mol. The van der Waals surface area contributed by atoms with Crippen LogP contribution in [0.25, 0.3) is 0 Å². The summed E-state index contributed by atoms with van der Waals surface area (Å²) in [5.74, 6) is 0. The highest BCUT2D eigenvalue weighted by atomic mass is 16.3. The summed E-state index contributed by atoms with van der Waals surface area (Å²) in [4.78, 5) is 0. The maximum Gasteiger partial charge on any atom is 0.0717 e. The molecule has 0 heterocycles. The number of nitrogens with two attached hydrogens (primary N) is 1. The minimum Gasteiger partial charge on any atom is -0.391 e. The number of aliphatic hydroxyl groups is 1. The Morgan fingerprint density at radius 2 is 2.25 bits per heavy atom. The Morgan fingerprint density at radius 1 is 1.75 bits per heavy atom. The van der Waals surface area contributed by atoms with Gasteiger partial charge in [0.15, 0.2) is 0 Å². The maximum absolute atomic E-state index is 9.13. The second kappa shape index (κ2) is 1.71. The molecule has 1 saturated carbocycles. The normalized spacial score (nSPS) is 27.4. The molecule has 3 N–H and O–H groups in total. The third kappa shape index (κ3) is 0.858. The summed E-state index contributed by atoms with van der Waals surface area (Å²) >= 11 is 0. The van der Waals surface area contributed by atoms with Crippen molar-refractivity contribution >= 4 is 0 Å². The van der Waals surface area contributed by atoms with Crippen LogP contribution in [0.1, 0.15) is 26.2 Å². The van der Waals surface area contributed by atoms with Crippen molar-refractivity contribution in [3.8, 4) is 0 Å². The predicted octanol–water partition coefficient (Wildman–Crippen LogP) is 0.249. The van der Waals surface area contributed by atoms with E-state index in [1.807, 2.05) is 6.92 Å². The first kappa shape index (κ1) is 6.05. The second-order valence-corrected chi connectivity index (χ2v) is 2.66. The van der Waals surface area contributed by atoms with Crippen LogP contribution in [0, 0.1) is 0 Å². The average Bonchev–Trinajstić information content (AvgIpc) is 2.47. The average molecular weight is 115 g/mol. The lowest BCUT2D eigenvalue weighted by Gasteiger charge is -2.13. The molecule has 0 bridgehead atoms. The molecule has 0 saturated heterocycles. The van der Waals surface area contributed by atoms with Gasteiger partial charge in [-0.2, -0.15) is 0 Å². The third-order valence-electron chi connectivity index (χ3n) is 1.88. The van der Waals surface area contributed by atoms with Crippen LogP contribution in [0.15, 0.2) is 0 Å². The minimum atomic E-state index is -0.262. The molecule has 1 fully saturated rings. The maximum atomic E-state index is 9.13. The first-order valence-electron chi connectivity index (χ1n) is 3.16. The second-order valence-electron chi connectivity index (χ2n) is 2.66. The Hall–Kier alpha value is -0.0800. The van der Waals surface area contributed by atoms with Crippen LogP contribution in [-0.2, 0) is 0 Å². The molecule has 0 aromatic rings. The van der Waals surface area contributed by atoms with Gasteiger partial charge in [0.2, 0.25) is 0 Å². The molecular formula is C6H13NO. The van der Waals surface area contributed by atoms with Gasteiger partial charge in [-0.15, -0.1) is 0 Å². The van der Waals surface area contributed by atoms with Crippen LogP contribution in [0.2, 0.25) is 0 Å². The Morgan fingerprint density at radius 3 is 2.38 bits per heavy atom. The lowest BCUT2D eigenvalue weighted by molar-refractivity contribution is 0.130. The first-order valence-corrected chi connectivity index (χ1v) is 3.16. The molecule has 2 heteroatoms. The van der Waals surface area contributed by atoms with Crippen molar-refractivity contribution in [2.24, 2.45) is 5.73 Å². The first-order chi connectivity index (χ1) is 3.69. The minimum absolute atomic E-state index is 0.186. The molecule has 1 atom stereocenters. The topological polar surface area (TPSA) is 46.2 Å². The Bertz CT molecular complexity index is 88.5. The van der Waals surface area contributed by atoms with E-state index in [9.17, 15) is 0 Å². The van der Waals surface area contributed by atoms with Crippen molar-refractivity contribution < 1.29 is 5.11 Å². The van der Waals surface area contributed by atoms with E-state index >= 15 is 0 Å². The van der Waals surface area contributed by atoms with Crippen molar-refractivity contribution in [1.29, 1.82) is 0 Å². The molecule has 0 spiro atoms. The molecule has 0 aliphatic heterocycles. The Labute approximate surface area is 49.7 Å². The third-order valence-corrected chi connectivity index (χ3v) is 1.88. The molecule has 0 aromatic carbocycles. The number of rotatable bonds is 2. The summed E-state index contributed by atoms with van der Waals surface area (Å²) in [6, 6.07) is 0. The standard InChI is InChI=1S/C6H13NO/c1-2-5(8)6(7)3-4-6/h5,8H,2-4,7H2,1H3. The van der Waals surface area contributed by atoms with E-state index in [1.165, 1.54) is 0 Å². The molecule has 0 radical (unpaired) electrons. The van der Waals surface area contributed by atoms with Crippen molar-refractivity contribution in [2.45, 2.75) is 37.8 Å². The van der Waals surface area contributed by atoms with Gasteiger partial charge in [0, 0.05) is 5.54 Å². The van der Waals surface area contributed by atoms with Crippen LogP contribution in [0.4, 0.5) is 0 Å². The summed E-state index contributed by atoms with van der Waals surface area (Å²) in [5, 5.41) is 9.13. The monoisotopic (exact) mass is 115 g/mol. The fraction of sp³-hybridized carbons (Fsp3) is 1.00. The molecule has 2 nitrogen and oxygen atoms in total. The summed E-state index contributed by atoms with van der Waals surface area (Å²) in [7, 11) is 0. The van der Waals surface area contributed by atoms with Crippen LogP contribution >= 0.6 is 0 Å². The van der Waals surface area contributed by atoms with E-state index in [0.717, 1.165) is 19.3 Å². The van der Waals surface area contributed by atoms with Crippen LogP contribution < -0.4 is 5.73 Å². The molecule has 1 unspecified atom stereocenters. The van der Waals surface area contributed by atoms with Gasteiger partial charge < -0.3 is 10.8 Å². The van der Waals surface area contributed by atoms with Crippen LogP contribution in [-0.4, -0.2) is 16.7 Å². The molecule has 0 aromatic heterocycles. The van der Waals surface area contributed by atoms with Crippen molar-refractivity contribution in [1.82, 2.24) is 0 Å². The lowest BCUT2D eigenvalue weighted by atomic mass is 10.1. The molecule has 1 rings (SSSR count). The number of aliphatic hydroxyl groups excluding tert-OH is 1. The van der Waals surface area contributed by atoms with Gasteiger partial charge >= 0.3 is 0 Å². The van der Waals surface area contributed by atoms with Gasteiger partial charge in [-0.3, -0.25) is 0 Å². The molecule has 48 valence electrons.